The van der Waals surface area contributed by atoms with Gasteiger partial charge in [0.2, 0.25) is 11.8 Å². The van der Waals surface area contributed by atoms with E-state index in [0.29, 0.717) is 10.8 Å². The lowest BCUT2D eigenvalue weighted by Gasteiger charge is -2.46. The van der Waals surface area contributed by atoms with Gasteiger partial charge in [0.15, 0.2) is 0 Å². The Kier molecular flexibility index (Phi) is 3.19. The summed E-state index contributed by atoms with van der Waals surface area (Å²) in [7, 11) is 0. The predicted octanol–water partition coefficient (Wildman–Crippen LogP) is 1.83. The van der Waals surface area contributed by atoms with Crippen molar-refractivity contribution in [2.75, 3.05) is 6.54 Å². The minimum atomic E-state index is -0.479. The fourth-order valence-electron chi connectivity index (χ4n) is 4.80. The van der Waals surface area contributed by atoms with Crippen LogP contribution in [0.1, 0.15) is 53.4 Å². The van der Waals surface area contributed by atoms with Crippen LogP contribution in [-0.2, 0) is 9.59 Å². The van der Waals surface area contributed by atoms with Gasteiger partial charge >= 0.3 is 0 Å². The molecule has 1 atom stereocenters. The zero-order valence-electron chi connectivity index (χ0n) is 12.5. The fraction of sp³-hybridized carbons (Fsp3) is 0.867. The van der Waals surface area contributed by atoms with Gasteiger partial charge in [0.05, 0.1) is 6.54 Å². The Balaban J connectivity index is 2.02. The summed E-state index contributed by atoms with van der Waals surface area (Å²) in [6.07, 6.45) is 4.39. The molecule has 3 N–H and O–H groups in total. The van der Waals surface area contributed by atoms with Crippen LogP contribution in [0.3, 0.4) is 0 Å². The third-order valence-electron chi connectivity index (χ3n) is 4.56. The summed E-state index contributed by atoms with van der Waals surface area (Å²) in [5.41, 5.74) is 5.81. The van der Waals surface area contributed by atoms with Crippen molar-refractivity contribution in [3.63, 3.8) is 0 Å². The maximum absolute atomic E-state index is 12.1. The van der Waals surface area contributed by atoms with Gasteiger partial charge in [-0.15, -0.1) is 0 Å². The lowest BCUT2D eigenvalue weighted by molar-refractivity contribution is -0.126. The molecule has 2 amide bonds. The van der Waals surface area contributed by atoms with Gasteiger partial charge in [-0.2, -0.15) is 0 Å². The van der Waals surface area contributed by atoms with E-state index in [2.05, 4.69) is 33.0 Å². The fourth-order valence-corrected chi connectivity index (χ4v) is 4.80. The summed E-state index contributed by atoms with van der Waals surface area (Å²) in [5, 5.41) is 2.66. The molecule has 0 aromatic heterocycles. The van der Waals surface area contributed by atoms with Crippen LogP contribution in [0.15, 0.2) is 0 Å². The van der Waals surface area contributed by atoms with Gasteiger partial charge in [-0.1, -0.05) is 27.7 Å². The molecule has 108 valence electrons. The first-order valence-electron chi connectivity index (χ1n) is 7.11. The van der Waals surface area contributed by atoms with E-state index in [4.69, 9.17) is 5.73 Å². The van der Waals surface area contributed by atoms with Crippen LogP contribution in [0.5, 0.6) is 0 Å². The van der Waals surface area contributed by atoms with Gasteiger partial charge in [0.1, 0.15) is 0 Å². The van der Waals surface area contributed by atoms with Crippen molar-refractivity contribution >= 4 is 11.8 Å². The molecule has 0 radical (unpaired) electrons. The van der Waals surface area contributed by atoms with Crippen LogP contribution in [0.2, 0.25) is 0 Å². The highest BCUT2D eigenvalue weighted by atomic mass is 16.2. The molecule has 2 saturated carbocycles. The van der Waals surface area contributed by atoms with E-state index < -0.39 is 5.91 Å². The summed E-state index contributed by atoms with van der Waals surface area (Å²) in [4.78, 5) is 22.8. The lowest BCUT2D eigenvalue weighted by atomic mass is 9.59. The highest BCUT2D eigenvalue weighted by Gasteiger charge is 2.63. The molecular weight excluding hydrogens is 240 g/mol. The van der Waals surface area contributed by atoms with Crippen molar-refractivity contribution in [2.45, 2.75) is 53.4 Å². The molecule has 4 nitrogen and oxygen atoms in total. The van der Waals surface area contributed by atoms with E-state index in [9.17, 15) is 9.59 Å². The zero-order chi connectivity index (χ0) is 14.5. The van der Waals surface area contributed by atoms with E-state index in [1.807, 2.05) is 0 Å². The second-order valence-corrected chi connectivity index (χ2v) is 8.16. The van der Waals surface area contributed by atoms with Crippen LogP contribution in [0.25, 0.3) is 0 Å². The van der Waals surface area contributed by atoms with Crippen LogP contribution in [-0.4, -0.2) is 18.4 Å². The second-order valence-electron chi connectivity index (χ2n) is 8.16. The van der Waals surface area contributed by atoms with Crippen molar-refractivity contribution in [3.8, 4) is 0 Å². The zero-order valence-corrected chi connectivity index (χ0v) is 12.5. The molecule has 2 fully saturated rings. The van der Waals surface area contributed by atoms with Crippen molar-refractivity contribution < 1.29 is 9.59 Å². The Bertz CT molecular complexity index is 396. The first-order chi connectivity index (χ1) is 8.55. The minimum absolute atomic E-state index is 0.00676. The molecule has 2 aliphatic carbocycles. The summed E-state index contributed by atoms with van der Waals surface area (Å²) in [5.74, 6) is -0.398. The number of nitrogens with two attached hydrogens (primary N) is 1. The Hall–Kier alpha value is -1.06. The number of carbonyl (C=O) groups excluding carboxylic acids is 2. The molecule has 0 aromatic rings. The summed E-state index contributed by atoms with van der Waals surface area (Å²) in [6.45, 7) is 9.15. The van der Waals surface area contributed by atoms with Crippen LogP contribution in [0, 0.1) is 22.2 Å². The largest absolute Gasteiger partial charge is 0.368 e. The third-order valence-corrected chi connectivity index (χ3v) is 4.56. The van der Waals surface area contributed by atoms with Crippen molar-refractivity contribution in [2.24, 2.45) is 27.9 Å². The predicted molar refractivity (Wildman–Crippen MR) is 74.2 cm³/mol. The molecule has 1 unspecified atom stereocenters. The number of rotatable bonds is 3. The first kappa shape index (κ1) is 14.4. The molecule has 4 heteroatoms. The molecule has 0 bridgehead atoms. The first-order valence-corrected chi connectivity index (χ1v) is 7.11. The lowest BCUT2D eigenvalue weighted by Crippen LogP contribution is -2.39. The van der Waals surface area contributed by atoms with Crippen molar-refractivity contribution in [1.82, 2.24) is 5.32 Å². The molecule has 0 saturated heterocycles. The van der Waals surface area contributed by atoms with Gasteiger partial charge < -0.3 is 11.1 Å². The van der Waals surface area contributed by atoms with Crippen LogP contribution in [0.4, 0.5) is 0 Å². The average molecular weight is 266 g/mol. The van der Waals surface area contributed by atoms with Gasteiger partial charge in [-0.25, -0.2) is 0 Å². The number of hydrogen-bond donors (Lipinski definition) is 2. The normalized spacial score (nSPS) is 29.8. The molecule has 2 rings (SSSR count). The van der Waals surface area contributed by atoms with Crippen molar-refractivity contribution in [1.29, 1.82) is 0 Å². The molecule has 0 aliphatic heterocycles. The molecule has 19 heavy (non-hydrogen) atoms. The number of hydrogen-bond acceptors (Lipinski definition) is 2. The molecular formula is C15H26N2O2. The summed E-state index contributed by atoms with van der Waals surface area (Å²) in [6, 6.07) is 0. The maximum atomic E-state index is 12.1. The topological polar surface area (TPSA) is 72.2 Å². The van der Waals surface area contributed by atoms with Gasteiger partial charge in [-0.3, -0.25) is 9.59 Å². The average Bonchev–Trinajstić information content (AvgIpc) is 2.82. The standard InChI is InChI=1S/C15H26N2O2/c1-13(2)7-14(3,4)9-15(8-13)5-10(15)12(19)17-6-11(16)18/h10H,5-9H2,1-4H3,(H2,16,18)(H,17,19). The molecule has 1 spiro atoms. The van der Waals surface area contributed by atoms with Gasteiger partial charge in [0.25, 0.3) is 0 Å². The van der Waals surface area contributed by atoms with E-state index in [1.54, 1.807) is 0 Å². The number of amides is 2. The van der Waals surface area contributed by atoms with Crippen LogP contribution >= 0.6 is 0 Å². The summed E-state index contributed by atoms with van der Waals surface area (Å²) < 4.78 is 0. The number of primary amides is 1. The third kappa shape index (κ3) is 3.10. The van der Waals surface area contributed by atoms with Crippen molar-refractivity contribution in [3.05, 3.63) is 0 Å². The molecule has 2 aliphatic rings. The number of nitrogens with one attached hydrogen (secondary N) is 1. The monoisotopic (exact) mass is 266 g/mol. The Morgan fingerprint density at radius 1 is 1.11 bits per heavy atom. The SMILES string of the molecule is CC1(C)CC(C)(C)CC2(CC2C(=O)NCC(N)=O)C1. The minimum Gasteiger partial charge on any atom is -0.368 e. The highest BCUT2D eigenvalue weighted by molar-refractivity contribution is 5.87. The van der Waals surface area contributed by atoms with E-state index in [1.165, 1.54) is 6.42 Å². The Morgan fingerprint density at radius 3 is 2.11 bits per heavy atom. The molecule has 0 aromatic carbocycles. The van der Waals surface area contributed by atoms with E-state index in [-0.39, 0.29) is 23.8 Å². The Morgan fingerprint density at radius 2 is 1.63 bits per heavy atom. The quantitative estimate of drug-likeness (QED) is 0.818. The van der Waals surface area contributed by atoms with Gasteiger partial charge in [-0.05, 0) is 41.9 Å². The van der Waals surface area contributed by atoms with E-state index >= 15 is 0 Å². The number of carbonyl (C=O) groups is 2. The summed E-state index contributed by atoms with van der Waals surface area (Å²) >= 11 is 0. The van der Waals surface area contributed by atoms with Crippen LogP contribution < -0.4 is 11.1 Å². The Labute approximate surface area is 115 Å². The van der Waals surface area contributed by atoms with E-state index in [0.717, 1.165) is 19.3 Å². The van der Waals surface area contributed by atoms with Gasteiger partial charge in [0, 0.05) is 5.92 Å². The maximum Gasteiger partial charge on any atom is 0.236 e. The second kappa shape index (κ2) is 4.22. The highest BCUT2D eigenvalue weighted by Crippen LogP contribution is 2.68. The molecule has 0 heterocycles. The smallest absolute Gasteiger partial charge is 0.236 e.